The van der Waals surface area contributed by atoms with Crippen LogP contribution in [0.5, 0.6) is 0 Å². The van der Waals surface area contributed by atoms with Gasteiger partial charge in [0, 0.05) is 29.6 Å². The summed E-state index contributed by atoms with van der Waals surface area (Å²) in [6.45, 7) is 0. The van der Waals surface area contributed by atoms with Crippen molar-refractivity contribution in [3.63, 3.8) is 0 Å². The van der Waals surface area contributed by atoms with Gasteiger partial charge in [-0.05, 0) is 48.7 Å². The van der Waals surface area contributed by atoms with Gasteiger partial charge in [0.15, 0.2) is 0 Å². The van der Waals surface area contributed by atoms with Crippen molar-refractivity contribution in [2.75, 3.05) is 10.6 Å². The van der Waals surface area contributed by atoms with Crippen LogP contribution in [0.15, 0.2) is 42.6 Å². The average Bonchev–Trinajstić information content (AvgIpc) is 2.74. The normalized spacial score (nSPS) is 14.1. The van der Waals surface area contributed by atoms with Crippen molar-refractivity contribution in [3.8, 4) is 0 Å². The Labute approximate surface area is 186 Å². The van der Waals surface area contributed by atoms with Crippen LogP contribution in [0.1, 0.15) is 37.7 Å². The monoisotopic (exact) mass is 450 g/mol. The highest BCUT2D eigenvalue weighted by atomic mass is 35.5. The van der Waals surface area contributed by atoms with E-state index in [0.717, 1.165) is 37.1 Å². The van der Waals surface area contributed by atoms with Crippen LogP contribution in [0.2, 0.25) is 5.02 Å². The number of carbonyl (C=O) groups is 2. The maximum absolute atomic E-state index is 12.4. The van der Waals surface area contributed by atoms with Crippen LogP contribution in [-0.4, -0.2) is 22.0 Å². The summed E-state index contributed by atoms with van der Waals surface area (Å²) < 4.78 is 0. The van der Waals surface area contributed by atoms with Crippen molar-refractivity contribution < 1.29 is 14.8 Å². The number of rotatable bonds is 6. The van der Waals surface area contributed by atoms with Crippen molar-refractivity contribution >= 4 is 59.1 Å². The largest absolute Gasteiger partial charge is 0.339 e. The molecule has 0 bridgehead atoms. The minimum Gasteiger partial charge on any atom is -0.339 e. The maximum atomic E-state index is 12.4. The standard InChI is InChI=1S/C21H23ClN4O3.ClH/c22-18-11-14(9-10-19(27)26-29)13-23-20(18)24-16-7-4-8-17(12-16)25-21(28)15-5-2-1-3-6-15;/h4,7-13,15,29H,1-3,5-6H2,(H,23,24)(H,25,28)(H,26,27);1H/b10-9+;. The second-order valence-corrected chi connectivity index (χ2v) is 7.35. The number of amides is 2. The number of anilines is 3. The van der Waals surface area contributed by atoms with Gasteiger partial charge >= 0.3 is 0 Å². The molecule has 4 N–H and O–H groups in total. The first-order chi connectivity index (χ1) is 14.0. The van der Waals surface area contributed by atoms with Gasteiger partial charge in [-0.2, -0.15) is 0 Å². The lowest BCUT2D eigenvalue weighted by atomic mass is 9.88. The second kappa shape index (κ2) is 11.5. The first kappa shape index (κ1) is 23.7. The van der Waals surface area contributed by atoms with E-state index in [9.17, 15) is 9.59 Å². The summed E-state index contributed by atoms with van der Waals surface area (Å²) in [5.41, 5.74) is 3.58. The molecule has 0 aliphatic heterocycles. The predicted octanol–water partition coefficient (Wildman–Crippen LogP) is 4.94. The van der Waals surface area contributed by atoms with Gasteiger partial charge in [0.1, 0.15) is 5.82 Å². The van der Waals surface area contributed by atoms with Crippen LogP contribution in [0.4, 0.5) is 17.2 Å². The van der Waals surface area contributed by atoms with Crippen LogP contribution >= 0.6 is 24.0 Å². The van der Waals surface area contributed by atoms with Gasteiger partial charge in [-0.3, -0.25) is 14.8 Å². The van der Waals surface area contributed by atoms with Gasteiger partial charge in [-0.25, -0.2) is 10.5 Å². The summed E-state index contributed by atoms with van der Waals surface area (Å²) >= 11 is 6.28. The number of hydrogen-bond acceptors (Lipinski definition) is 5. The fourth-order valence-corrected chi connectivity index (χ4v) is 3.49. The molecule has 0 radical (unpaired) electrons. The van der Waals surface area contributed by atoms with E-state index in [2.05, 4.69) is 15.6 Å². The molecule has 1 aromatic carbocycles. The summed E-state index contributed by atoms with van der Waals surface area (Å²) in [6, 6.07) is 9.02. The zero-order chi connectivity index (χ0) is 20.6. The van der Waals surface area contributed by atoms with Gasteiger partial charge in [0.2, 0.25) is 5.91 Å². The summed E-state index contributed by atoms with van der Waals surface area (Å²) in [5.74, 6) is -0.0346. The Kier molecular flexibility index (Phi) is 9.11. The molecule has 1 aliphatic rings. The van der Waals surface area contributed by atoms with E-state index in [1.54, 1.807) is 12.3 Å². The third kappa shape index (κ3) is 6.73. The van der Waals surface area contributed by atoms with Crippen LogP contribution in [0, 0.1) is 5.92 Å². The molecular formula is C21H24Cl2N4O3. The number of halogens is 2. The molecule has 1 aliphatic carbocycles. The molecule has 2 aromatic rings. The molecule has 1 heterocycles. The number of aromatic nitrogens is 1. The van der Waals surface area contributed by atoms with Crippen molar-refractivity contribution in [1.82, 2.24) is 10.5 Å². The Morgan fingerprint density at radius 1 is 1.13 bits per heavy atom. The fourth-order valence-electron chi connectivity index (χ4n) is 3.27. The Bertz CT molecular complexity index is 915. The highest BCUT2D eigenvalue weighted by Crippen LogP contribution is 2.28. The Morgan fingerprint density at radius 2 is 1.87 bits per heavy atom. The number of nitrogens with zero attached hydrogens (tertiary/aromatic N) is 1. The Morgan fingerprint density at radius 3 is 2.57 bits per heavy atom. The first-order valence-electron chi connectivity index (χ1n) is 9.51. The molecular weight excluding hydrogens is 427 g/mol. The van der Waals surface area contributed by atoms with E-state index in [4.69, 9.17) is 16.8 Å². The number of carbonyl (C=O) groups excluding carboxylic acids is 2. The number of hydrogen-bond donors (Lipinski definition) is 4. The molecule has 9 heteroatoms. The number of benzene rings is 1. The second-order valence-electron chi connectivity index (χ2n) is 6.94. The average molecular weight is 451 g/mol. The number of nitrogens with one attached hydrogen (secondary N) is 3. The van der Waals surface area contributed by atoms with E-state index >= 15 is 0 Å². The van der Waals surface area contributed by atoms with Gasteiger partial charge in [-0.1, -0.05) is 36.9 Å². The third-order valence-corrected chi connectivity index (χ3v) is 5.06. The molecule has 160 valence electrons. The van der Waals surface area contributed by atoms with Crippen LogP contribution in [0.25, 0.3) is 6.08 Å². The summed E-state index contributed by atoms with van der Waals surface area (Å²) in [4.78, 5) is 27.8. The highest BCUT2D eigenvalue weighted by Gasteiger charge is 2.21. The lowest BCUT2D eigenvalue weighted by molar-refractivity contribution is -0.124. The molecule has 30 heavy (non-hydrogen) atoms. The molecule has 0 unspecified atom stereocenters. The smallest absolute Gasteiger partial charge is 0.267 e. The topological polar surface area (TPSA) is 103 Å². The number of pyridine rings is 1. The Hall–Kier alpha value is -2.61. The fraction of sp³-hybridized carbons (Fsp3) is 0.286. The predicted molar refractivity (Wildman–Crippen MR) is 120 cm³/mol. The van der Waals surface area contributed by atoms with Crippen molar-refractivity contribution in [1.29, 1.82) is 0 Å². The summed E-state index contributed by atoms with van der Waals surface area (Å²) in [5, 5.41) is 15.0. The third-order valence-electron chi connectivity index (χ3n) is 4.77. The van der Waals surface area contributed by atoms with Crippen LogP contribution in [-0.2, 0) is 9.59 Å². The molecule has 0 saturated heterocycles. The van der Waals surface area contributed by atoms with E-state index < -0.39 is 5.91 Å². The maximum Gasteiger partial charge on any atom is 0.267 e. The minimum absolute atomic E-state index is 0. The zero-order valence-electron chi connectivity index (χ0n) is 16.2. The quantitative estimate of drug-likeness (QED) is 0.283. The van der Waals surface area contributed by atoms with E-state index in [1.165, 1.54) is 24.1 Å². The Balaban J connectivity index is 0.00000320. The van der Waals surface area contributed by atoms with Crippen LogP contribution in [0.3, 0.4) is 0 Å². The summed E-state index contributed by atoms with van der Waals surface area (Å²) in [6.07, 6.45) is 9.52. The molecule has 1 saturated carbocycles. The molecule has 1 aromatic heterocycles. The first-order valence-corrected chi connectivity index (χ1v) is 9.88. The van der Waals surface area contributed by atoms with Gasteiger partial charge in [-0.15, -0.1) is 12.4 Å². The molecule has 7 nitrogen and oxygen atoms in total. The molecule has 1 fully saturated rings. The molecule has 0 atom stereocenters. The summed E-state index contributed by atoms with van der Waals surface area (Å²) in [7, 11) is 0. The highest BCUT2D eigenvalue weighted by molar-refractivity contribution is 6.33. The van der Waals surface area contributed by atoms with Gasteiger partial charge < -0.3 is 10.6 Å². The zero-order valence-corrected chi connectivity index (χ0v) is 17.8. The number of hydroxylamine groups is 1. The van der Waals surface area contributed by atoms with Crippen molar-refractivity contribution in [2.45, 2.75) is 32.1 Å². The molecule has 2 amide bonds. The lowest BCUT2D eigenvalue weighted by Crippen LogP contribution is -2.24. The van der Waals surface area contributed by atoms with E-state index in [-0.39, 0.29) is 24.2 Å². The van der Waals surface area contributed by atoms with Crippen LogP contribution < -0.4 is 16.1 Å². The van der Waals surface area contributed by atoms with Gasteiger partial charge in [0.05, 0.1) is 5.02 Å². The lowest BCUT2D eigenvalue weighted by Gasteiger charge is -2.21. The van der Waals surface area contributed by atoms with Crippen molar-refractivity contribution in [2.24, 2.45) is 5.92 Å². The minimum atomic E-state index is -0.643. The van der Waals surface area contributed by atoms with E-state index in [1.807, 2.05) is 24.3 Å². The van der Waals surface area contributed by atoms with E-state index in [0.29, 0.717) is 16.4 Å². The van der Waals surface area contributed by atoms with Gasteiger partial charge in [0.25, 0.3) is 5.91 Å². The SMILES string of the molecule is Cl.O=C(/C=C/c1cnc(Nc2cccc(NC(=O)C3CCCCC3)c2)c(Cl)c1)NO. The molecule has 0 spiro atoms. The van der Waals surface area contributed by atoms with Crippen molar-refractivity contribution in [3.05, 3.63) is 53.2 Å². The molecule has 3 rings (SSSR count).